The Morgan fingerprint density at radius 3 is 1.70 bits per heavy atom. The summed E-state index contributed by atoms with van der Waals surface area (Å²) in [5.74, 6) is 0. The SMILES string of the molecule is CC(F)C(F)(F)[Si](C)(C)O. The van der Waals surface area contributed by atoms with Gasteiger partial charge in [-0.1, -0.05) is 0 Å². The summed E-state index contributed by atoms with van der Waals surface area (Å²) in [6, 6.07) is 0. The molecule has 0 aliphatic carbocycles. The second-order valence-corrected chi connectivity index (χ2v) is 6.58. The van der Waals surface area contributed by atoms with Gasteiger partial charge in [-0.05, 0) is 20.0 Å². The summed E-state index contributed by atoms with van der Waals surface area (Å²) in [4.78, 5) is 8.86. The molecule has 0 heterocycles. The van der Waals surface area contributed by atoms with E-state index in [0.29, 0.717) is 0 Å². The van der Waals surface area contributed by atoms with Crippen molar-refractivity contribution in [1.82, 2.24) is 0 Å². The van der Waals surface area contributed by atoms with Gasteiger partial charge in [0.2, 0.25) is 0 Å². The lowest BCUT2D eigenvalue weighted by Crippen LogP contribution is -2.53. The number of halogens is 3. The minimum absolute atomic E-state index is 0.755. The van der Waals surface area contributed by atoms with Crippen LogP contribution in [0.25, 0.3) is 0 Å². The standard InChI is InChI=1S/C5H11F3OSi/c1-4(6)5(7,8)10(2,3)9/h4,9H,1-3H3. The van der Waals surface area contributed by atoms with E-state index in [0.717, 1.165) is 20.0 Å². The average Bonchev–Trinajstić information content (AvgIpc) is 1.62. The Kier molecular flexibility index (Phi) is 2.53. The first-order valence-corrected chi connectivity index (χ1v) is 5.88. The van der Waals surface area contributed by atoms with Crippen LogP contribution in [-0.4, -0.2) is 24.8 Å². The van der Waals surface area contributed by atoms with Crippen LogP contribution in [0, 0.1) is 0 Å². The van der Waals surface area contributed by atoms with E-state index in [9.17, 15) is 13.2 Å². The molecule has 0 bridgehead atoms. The number of hydrogen-bond acceptors (Lipinski definition) is 1. The van der Waals surface area contributed by atoms with E-state index < -0.39 is 20.0 Å². The van der Waals surface area contributed by atoms with Gasteiger partial charge in [-0.3, -0.25) is 0 Å². The van der Waals surface area contributed by atoms with E-state index in [4.69, 9.17) is 4.80 Å². The van der Waals surface area contributed by atoms with Crippen LogP contribution in [0.4, 0.5) is 13.2 Å². The highest BCUT2D eigenvalue weighted by molar-refractivity contribution is 6.72. The zero-order valence-corrected chi connectivity index (χ0v) is 7.16. The van der Waals surface area contributed by atoms with Crippen LogP contribution in [0.5, 0.6) is 0 Å². The number of alkyl halides is 3. The van der Waals surface area contributed by atoms with Crippen LogP contribution in [0.1, 0.15) is 6.92 Å². The Bertz CT molecular complexity index is 119. The van der Waals surface area contributed by atoms with Gasteiger partial charge in [-0.25, -0.2) is 13.2 Å². The minimum Gasteiger partial charge on any atom is -0.427 e. The summed E-state index contributed by atoms with van der Waals surface area (Å²) in [5, 5.41) is 0. The van der Waals surface area contributed by atoms with Gasteiger partial charge in [0.15, 0.2) is 6.17 Å². The minimum atomic E-state index is -3.66. The van der Waals surface area contributed by atoms with Crippen molar-refractivity contribution in [2.75, 3.05) is 0 Å². The molecule has 10 heavy (non-hydrogen) atoms. The molecule has 0 rings (SSSR count). The topological polar surface area (TPSA) is 20.2 Å². The molecule has 0 aromatic carbocycles. The van der Waals surface area contributed by atoms with Crippen LogP contribution in [0.2, 0.25) is 13.1 Å². The maximum absolute atomic E-state index is 12.5. The second kappa shape index (κ2) is 2.54. The third-order valence-corrected chi connectivity index (χ3v) is 3.34. The van der Waals surface area contributed by atoms with Gasteiger partial charge in [0, 0.05) is 0 Å². The van der Waals surface area contributed by atoms with Crippen molar-refractivity contribution in [2.45, 2.75) is 31.7 Å². The summed E-state index contributed by atoms with van der Waals surface area (Å²) < 4.78 is 37.1. The fourth-order valence-corrected chi connectivity index (χ4v) is 1.46. The molecule has 0 saturated carbocycles. The summed E-state index contributed by atoms with van der Waals surface area (Å²) in [6.07, 6.45) is -2.26. The van der Waals surface area contributed by atoms with E-state index in [-0.39, 0.29) is 0 Å². The molecule has 0 saturated heterocycles. The van der Waals surface area contributed by atoms with Crippen LogP contribution >= 0.6 is 0 Å². The van der Waals surface area contributed by atoms with E-state index in [1.54, 1.807) is 0 Å². The molecule has 0 aliphatic heterocycles. The lowest BCUT2D eigenvalue weighted by molar-refractivity contribution is -0.00901. The Balaban J connectivity index is 4.40. The molecule has 0 aliphatic rings. The van der Waals surface area contributed by atoms with E-state index in [2.05, 4.69) is 0 Å². The molecular weight excluding hydrogens is 161 g/mol. The predicted molar refractivity (Wildman–Crippen MR) is 35.2 cm³/mol. The van der Waals surface area contributed by atoms with Crippen LogP contribution < -0.4 is 0 Å². The highest BCUT2D eigenvalue weighted by Gasteiger charge is 2.53. The molecule has 0 radical (unpaired) electrons. The molecule has 0 fully saturated rings. The lowest BCUT2D eigenvalue weighted by atomic mass is 10.5. The molecule has 1 atom stereocenters. The normalized spacial score (nSPS) is 17.1. The summed E-state index contributed by atoms with van der Waals surface area (Å²) >= 11 is 0. The van der Waals surface area contributed by atoms with Crippen molar-refractivity contribution in [3.8, 4) is 0 Å². The first-order valence-electron chi connectivity index (χ1n) is 2.94. The largest absolute Gasteiger partial charge is 0.427 e. The quantitative estimate of drug-likeness (QED) is 0.629. The van der Waals surface area contributed by atoms with Gasteiger partial charge in [-0.2, -0.15) is 0 Å². The molecule has 5 heteroatoms. The molecule has 0 spiro atoms. The molecule has 0 aromatic heterocycles. The van der Waals surface area contributed by atoms with Gasteiger partial charge in [0.25, 0.3) is 13.9 Å². The molecule has 1 N–H and O–H groups in total. The first-order chi connectivity index (χ1) is 4.19. The third-order valence-electron chi connectivity index (χ3n) is 1.32. The maximum Gasteiger partial charge on any atom is 0.286 e. The fraction of sp³-hybridized carbons (Fsp3) is 1.00. The van der Waals surface area contributed by atoms with Gasteiger partial charge in [-0.15, -0.1) is 0 Å². The van der Waals surface area contributed by atoms with Gasteiger partial charge >= 0.3 is 0 Å². The maximum atomic E-state index is 12.5. The van der Waals surface area contributed by atoms with Crippen LogP contribution in [0.15, 0.2) is 0 Å². The van der Waals surface area contributed by atoms with Crippen molar-refractivity contribution < 1.29 is 18.0 Å². The van der Waals surface area contributed by atoms with Crippen molar-refractivity contribution in [2.24, 2.45) is 0 Å². The van der Waals surface area contributed by atoms with Crippen molar-refractivity contribution >= 4 is 8.32 Å². The summed E-state index contributed by atoms with van der Waals surface area (Å²) in [7, 11) is -3.66. The molecule has 0 aromatic rings. The van der Waals surface area contributed by atoms with Gasteiger partial charge in [0.1, 0.15) is 0 Å². The molecule has 0 amide bonds. The molecular formula is C5H11F3OSi. The van der Waals surface area contributed by atoms with Gasteiger partial charge in [0.05, 0.1) is 0 Å². The average molecular weight is 172 g/mol. The lowest BCUT2D eigenvalue weighted by Gasteiger charge is -2.27. The van der Waals surface area contributed by atoms with Crippen molar-refractivity contribution in [3.05, 3.63) is 0 Å². The van der Waals surface area contributed by atoms with E-state index in [1.807, 2.05) is 0 Å². The summed E-state index contributed by atoms with van der Waals surface area (Å²) in [6.45, 7) is 2.79. The highest BCUT2D eigenvalue weighted by Crippen LogP contribution is 2.30. The van der Waals surface area contributed by atoms with Crippen molar-refractivity contribution in [3.63, 3.8) is 0 Å². The zero-order valence-electron chi connectivity index (χ0n) is 6.16. The molecule has 1 unspecified atom stereocenters. The third kappa shape index (κ3) is 1.73. The highest BCUT2D eigenvalue weighted by atomic mass is 28.4. The van der Waals surface area contributed by atoms with E-state index in [1.165, 1.54) is 0 Å². The number of rotatable bonds is 2. The predicted octanol–water partition coefficient (Wildman–Crippen LogP) is 1.72. The van der Waals surface area contributed by atoms with E-state index >= 15 is 0 Å². The number of hydrogen-bond donors (Lipinski definition) is 1. The van der Waals surface area contributed by atoms with Gasteiger partial charge < -0.3 is 4.80 Å². The Labute approximate surface area is 59.0 Å². The molecule has 1 nitrogen and oxygen atoms in total. The Hall–Kier alpha value is -0.0331. The smallest absolute Gasteiger partial charge is 0.286 e. The second-order valence-electron chi connectivity index (χ2n) is 2.80. The first kappa shape index (κ1) is 9.97. The van der Waals surface area contributed by atoms with Crippen LogP contribution in [0.3, 0.4) is 0 Å². The Morgan fingerprint density at radius 1 is 1.40 bits per heavy atom. The van der Waals surface area contributed by atoms with Crippen LogP contribution in [-0.2, 0) is 0 Å². The Morgan fingerprint density at radius 2 is 1.70 bits per heavy atom. The summed E-state index contributed by atoms with van der Waals surface area (Å²) in [5.41, 5.74) is -3.53. The monoisotopic (exact) mass is 172 g/mol. The van der Waals surface area contributed by atoms with Crippen molar-refractivity contribution in [1.29, 1.82) is 0 Å². The zero-order chi connectivity index (χ0) is 8.58. The fourth-order valence-electron chi connectivity index (χ4n) is 0.487. The molecule has 62 valence electrons.